The van der Waals surface area contributed by atoms with Crippen molar-refractivity contribution in [3.63, 3.8) is 0 Å². The Kier molecular flexibility index (Phi) is 4.75. The molecule has 7 nitrogen and oxygen atoms in total. The van der Waals surface area contributed by atoms with Crippen LogP contribution in [0.3, 0.4) is 0 Å². The van der Waals surface area contributed by atoms with Crippen LogP contribution in [0, 0.1) is 0 Å². The van der Waals surface area contributed by atoms with E-state index in [1.54, 1.807) is 11.3 Å². The predicted octanol–water partition coefficient (Wildman–Crippen LogP) is 2.13. The molecule has 2 aromatic heterocycles. The minimum atomic E-state index is -0.150. The molecule has 0 bridgehead atoms. The molecule has 0 aliphatic carbocycles. The van der Waals surface area contributed by atoms with Crippen LogP contribution in [0.5, 0.6) is 0 Å². The lowest BCUT2D eigenvalue weighted by molar-refractivity contribution is 0.193. The number of rotatable bonds is 3. The van der Waals surface area contributed by atoms with E-state index in [2.05, 4.69) is 58.6 Å². The average molecular weight is 348 g/mol. The van der Waals surface area contributed by atoms with E-state index < -0.39 is 0 Å². The van der Waals surface area contributed by atoms with E-state index >= 15 is 0 Å². The second kappa shape index (κ2) is 6.80. The molecule has 3 rings (SSSR count). The molecule has 0 radical (unpaired) electrons. The second-order valence-corrected chi connectivity index (χ2v) is 7.77. The molecule has 1 aliphatic rings. The Morgan fingerprint density at radius 1 is 1.29 bits per heavy atom. The first-order valence-electron chi connectivity index (χ1n) is 8.16. The summed E-state index contributed by atoms with van der Waals surface area (Å²) in [6.07, 6.45) is 1.53. The fraction of sp³-hybridized carbons (Fsp3) is 0.562. The number of hydrogen-bond acceptors (Lipinski definition) is 5. The summed E-state index contributed by atoms with van der Waals surface area (Å²) in [7, 11) is 0. The fourth-order valence-corrected chi connectivity index (χ4v) is 3.58. The highest BCUT2D eigenvalue weighted by atomic mass is 32.1. The maximum absolute atomic E-state index is 12.4. The fourth-order valence-electron chi connectivity index (χ4n) is 2.79. The maximum Gasteiger partial charge on any atom is 0.317 e. The number of nitrogens with one attached hydrogen (secondary N) is 1. The van der Waals surface area contributed by atoms with Crippen LogP contribution in [0.1, 0.15) is 26.6 Å². The number of carbonyl (C=O) groups is 1. The summed E-state index contributed by atoms with van der Waals surface area (Å²) in [6, 6.07) is 4.15. The van der Waals surface area contributed by atoms with Gasteiger partial charge in [-0.1, -0.05) is 0 Å². The van der Waals surface area contributed by atoms with Crippen molar-refractivity contribution in [3.05, 3.63) is 29.7 Å². The third kappa shape index (κ3) is 3.69. The quantitative estimate of drug-likeness (QED) is 0.923. The molecule has 24 heavy (non-hydrogen) atoms. The van der Waals surface area contributed by atoms with Crippen LogP contribution in [0.25, 0.3) is 0 Å². The first-order chi connectivity index (χ1) is 11.4. The van der Waals surface area contributed by atoms with Gasteiger partial charge in [-0.05, 0) is 38.3 Å². The van der Waals surface area contributed by atoms with Crippen LogP contribution >= 0.6 is 11.3 Å². The van der Waals surface area contributed by atoms with Crippen LogP contribution in [-0.4, -0.2) is 51.9 Å². The monoisotopic (exact) mass is 348 g/mol. The number of aromatic nitrogens is 3. The Balaban J connectivity index is 1.51. The highest BCUT2D eigenvalue weighted by Gasteiger charge is 2.23. The zero-order chi connectivity index (χ0) is 17.2. The van der Waals surface area contributed by atoms with E-state index in [-0.39, 0.29) is 11.6 Å². The summed E-state index contributed by atoms with van der Waals surface area (Å²) in [4.78, 5) is 20.8. The summed E-state index contributed by atoms with van der Waals surface area (Å²) in [5.41, 5.74) is -0.150. The highest BCUT2D eigenvalue weighted by molar-refractivity contribution is 7.14. The first kappa shape index (κ1) is 16.8. The molecule has 2 aromatic rings. The van der Waals surface area contributed by atoms with Gasteiger partial charge >= 0.3 is 6.03 Å². The number of piperazine rings is 1. The summed E-state index contributed by atoms with van der Waals surface area (Å²) in [5.74, 6) is 0.771. The van der Waals surface area contributed by atoms with Gasteiger partial charge in [-0.3, -0.25) is 0 Å². The molecular weight excluding hydrogens is 324 g/mol. The SMILES string of the molecule is CC(C)(C)n1ncnc1CNC(=O)N1CCN(c2cccs2)CC1. The van der Waals surface area contributed by atoms with Gasteiger partial charge < -0.3 is 15.1 Å². The van der Waals surface area contributed by atoms with Crippen LogP contribution in [0.2, 0.25) is 0 Å². The standard InChI is InChI=1S/C16H24N6OS/c1-16(2,3)22-13(18-12-19-22)11-17-15(23)21-8-6-20(7-9-21)14-5-4-10-24-14/h4-5,10,12H,6-9,11H2,1-3H3,(H,17,23). The summed E-state index contributed by atoms with van der Waals surface area (Å²) in [6.45, 7) is 9.79. The Morgan fingerprint density at radius 3 is 2.67 bits per heavy atom. The van der Waals surface area contributed by atoms with Gasteiger partial charge in [-0.25, -0.2) is 14.5 Å². The lowest BCUT2D eigenvalue weighted by Crippen LogP contribution is -2.51. The summed E-state index contributed by atoms with van der Waals surface area (Å²) in [5, 5.41) is 10.6. The van der Waals surface area contributed by atoms with Gasteiger partial charge in [0, 0.05) is 26.2 Å². The number of hydrogen-bond donors (Lipinski definition) is 1. The van der Waals surface area contributed by atoms with Crippen molar-refractivity contribution in [2.75, 3.05) is 31.1 Å². The molecular formula is C16H24N6OS. The van der Waals surface area contributed by atoms with Gasteiger partial charge in [0.05, 0.1) is 17.1 Å². The summed E-state index contributed by atoms with van der Waals surface area (Å²) < 4.78 is 1.85. The number of thiophene rings is 1. The van der Waals surface area contributed by atoms with Crippen molar-refractivity contribution in [2.45, 2.75) is 32.9 Å². The molecule has 0 unspecified atom stereocenters. The maximum atomic E-state index is 12.4. The minimum Gasteiger partial charge on any atom is -0.360 e. The minimum absolute atomic E-state index is 0.0377. The van der Waals surface area contributed by atoms with Crippen molar-refractivity contribution in [1.82, 2.24) is 25.0 Å². The van der Waals surface area contributed by atoms with E-state index in [9.17, 15) is 4.79 Å². The zero-order valence-corrected chi connectivity index (χ0v) is 15.2. The lowest BCUT2D eigenvalue weighted by Gasteiger charge is -2.35. The molecule has 0 saturated carbocycles. The number of anilines is 1. The van der Waals surface area contributed by atoms with Gasteiger partial charge in [-0.15, -0.1) is 11.3 Å². The Bertz CT molecular complexity index is 667. The van der Waals surface area contributed by atoms with Crippen LogP contribution in [-0.2, 0) is 12.1 Å². The second-order valence-electron chi connectivity index (χ2n) is 6.84. The molecule has 1 fully saturated rings. The van der Waals surface area contributed by atoms with E-state index in [0.29, 0.717) is 6.54 Å². The molecule has 8 heteroatoms. The van der Waals surface area contributed by atoms with Crippen molar-refractivity contribution >= 4 is 22.4 Å². The normalized spacial score (nSPS) is 15.6. The third-order valence-corrected chi connectivity index (χ3v) is 4.97. The van der Waals surface area contributed by atoms with E-state index in [1.807, 2.05) is 9.58 Å². The van der Waals surface area contributed by atoms with E-state index in [4.69, 9.17) is 0 Å². The van der Waals surface area contributed by atoms with Crippen LogP contribution in [0.15, 0.2) is 23.8 Å². The third-order valence-electron chi connectivity index (χ3n) is 4.04. The molecule has 3 heterocycles. The number of nitrogens with zero attached hydrogens (tertiary/aromatic N) is 5. The van der Waals surface area contributed by atoms with Gasteiger partial charge in [0.1, 0.15) is 12.2 Å². The molecule has 1 N–H and O–H groups in total. The number of carbonyl (C=O) groups excluding carboxylic acids is 1. The predicted molar refractivity (Wildman–Crippen MR) is 95.4 cm³/mol. The van der Waals surface area contributed by atoms with Crippen molar-refractivity contribution in [3.8, 4) is 0 Å². The van der Waals surface area contributed by atoms with E-state index in [0.717, 1.165) is 32.0 Å². The highest BCUT2D eigenvalue weighted by Crippen LogP contribution is 2.22. The van der Waals surface area contributed by atoms with Crippen LogP contribution in [0.4, 0.5) is 9.80 Å². The van der Waals surface area contributed by atoms with Crippen molar-refractivity contribution in [2.24, 2.45) is 0 Å². The molecule has 1 saturated heterocycles. The zero-order valence-electron chi connectivity index (χ0n) is 14.4. The summed E-state index contributed by atoms with van der Waals surface area (Å²) >= 11 is 1.74. The molecule has 1 aliphatic heterocycles. The topological polar surface area (TPSA) is 66.3 Å². The number of urea groups is 1. The molecule has 0 spiro atoms. The number of amides is 2. The first-order valence-corrected chi connectivity index (χ1v) is 9.04. The van der Waals surface area contributed by atoms with Crippen molar-refractivity contribution in [1.29, 1.82) is 0 Å². The van der Waals surface area contributed by atoms with Gasteiger partial charge in [0.15, 0.2) is 0 Å². The van der Waals surface area contributed by atoms with Crippen molar-refractivity contribution < 1.29 is 4.79 Å². The lowest BCUT2D eigenvalue weighted by atomic mass is 10.1. The average Bonchev–Trinajstić information content (AvgIpc) is 3.23. The largest absolute Gasteiger partial charge is 0.360 e. The van der Waals surface area contributed by atoms with Gasteiger partial charge in [0.2, 0.25) is 0 Å². The Hall–Kier alpha value is -2.09. The smallest absolute Gasteiger partial charge is 0.317 e. The van der Waals surface area contributed by atoms with Gasteiger partial charge in [-0.2, -0.15) is 5.10 Å². The molecule has 2 amide bonds. The Morgan fingerprint density at radius 2 is 2.04 bits per heavy atom. The molecule has 0 aromatic carbocycles. The van der Waals surface area contributed by atoms with Gasteiger partial charge in [0.25, 0.3) is 0 Å². The van der Waals surface area contributed by atoms with E-state index in [1.165, 1.54) is 11.3 Å². The Labute approximate surface area is 146 Å². The molecule has 130 valence electrons. The molecule has 0 atom stereocenters. The van der Waals surface area contributed by atoms with Crippen LogP contribution < -0.4 is 10.2 Å².